The molecule has 0 saturated carbocycles. The maximum atomic E-state index is 10.7. The first-order valence-corrected chi connectivity index (χ1v) is 3.11. The van der Waals surface area contributed by atoms with E-state index in [4.69, 9.17) is 10.2 Å². The zero-order chi connectivity index (χ0) is 8.97. The van der Waals surface area contributed by atoms with Gasteiger partial charge < -0.3 is 10.2 Å². The summed E-state index contributed by atoms with van der Waals surface area (Å²) in [6.07, 6.45) is 1.60. The van der Waals surface area contributed by atoms with E-state index in [0.717, 1.165) is 0 Å². The number of carbonyl (C=O) groups excluding carboxylic acids is 2. The van der Waals surface area contributed by atoms with Gasteiger partial charge in [-0.3, -0.25) is 9.59 Å². The third kappa shape index (κ3) is 1.57. The van der Waals surface area contributed by atoms with Crippen molar-refractivity contribution in [1.29, 1.82) is 0 Å². The van der Waals surface area contributed by atoms with Gasteiger partial charge >= 0.3 is 0 Å². The zero-order valence-electron chi connectivity index (χ0n) is 6.06. The molecule has 0 radical (unpaired) electrons. The lowest BCUT2D eigenvalue weighted by Gasteiger charge is -1.93. The van der Waals surface area contributed by atoms with E-state index in [1.54, 1.807) is 6.07 Å². The van der Waals surface area contributed by atoms with Crippen LogP contribution in [0.4, 0.5) is 0 Å². The molecule has 0 spiro atoms. The van der Waals surface area contributed by atoms with Crippen LogP contribution in [-0.4, -0.2) is 18.0 Å². The quantitative estimate of drug-likeness (QED) is 0.494. The molecule has 0 aromatic carbocycles. The van der Waals surface area contributed by atoms with Crippen molar-refractivity contribution in [3.63, 3.8) is 0 Å². The molecule has 2 amide bonds. The van der Waals surface area contributed by atoms with Crippen LogP contribution in [0.15, 0.2) is 27.8 Å². The van der Waals surface area contributed by atoms with Crippen LogP contribution in [0.5, 0.6) is 0 Å². The highest BCUT2D eigenvalue weighted by Gasteiger charge is 2.11. The third-order valence-electron chi connectivity index (χ3n) is 1.17. The number of nitrogens with zero attached hydrogens (tertiary/aromatic N) is 1. The molecule has 0 atom stereocenters. The number of primary amides is 1. The Kier molecular flexibility index (Phi) is 2.37. The van der Waals surface area contributed by atoms with Crippen LogP contribution < -0.4 is 5.73 Å². The Balaban J connectivity index is 3.04. The lowest BCUT2D eigenvalue weighted by molar-refractivity contribution is -0.112. The van der Waals surface area contributed by atoms with Crippen molar-refractivity contribution in [2.45, 2.75) is 0 Å². The summed E-state index contributed by atoms with van der Waals surface area (Å²) in [7, 11) is 0. The molecule has 1 heterocycles. The van der Waals surface area contributed by atoms with Gasteiger partial charge in [0.2, 0.25) is 6.41 Å². The van der Waals surface area contributed by atoms with E-state index < -0.39 is 5.91 Å². The fraction of sp³-hybridized carbons (Fsp3) is 0. The summed E-state index contributed by atoms with van der Waals surface area (Å²) >= 11 is 0. The van der Waals surface area contributed by atoms with Gasteiger partial charge in [-0.05, 0) is 12.1 Å². The maximum Gasteiger partial charge on any atom is 0.271 e. The van der Waals surface area contributed by atoms with Crippen molar-refractivity contribution in [3.8, 4) is 0 Å². The number of hydrogen-bond donors (Lipinski definition) is 1. The Labute approximate surface area is 67.9 Å². The number of aliphatic imine (C=N–C) groups is 1. The highest BCUT2D eigenvalue weighted by molar-refractivity contribution is 6.45. The van der Waals surface area contributed by atoms with Gasteiger partial charge in [0, 0.05) is 0 Å². The van der Waals surface area contributed by atoms with Gasteiger partial charge in [0.15, 0.2) is 11.5 Å². The second kappa shape index (κ2) is 3.47. The standard InChI is InChI=1S/C7H6N2O3/c8-7(11)6(9-4-10)5-2-1-3-12-5/h1-4H,(H2,8,11). The fourth-order valence-electron chi connectivity index (χ4n) is 0.715. The highest BCUT2D eigenvalue weighted by Crippen LogP contribution is 2.01. The summed E-state index contributed by atoms with van der Waals surface area (Å²) in [6.45, 7) is 0. The van der Waals surface area contributed by atoms with E-state index >= 15 is 0 Å². The van der Waals surface area contributed by atoms with Crippen molar-refractivity contribution in [3.05, 3.63) is 24.2 Å². The summed E-state index contributed by atoms with van der Waals surface area (Å²) in [6, 6.07) is 3.06. The SMILES string of the molecule is NC(=O)C(=NC=O)c1ccco1. The lowest BCUT2D eigenvalue weighted by Crippen LogP contribution is -2.23. The average Bonchev–Trinajstić information content (AvgIpc) is 2.51. The molecule has 0 fully saturated rings. The van der Waals surface area contributed by atoms with E-state index in [1.807, 2.05) is 0 Å². The van der Waals surface area contributed by atoms with Crippen molar-refractivity contribution >= 4 is 18.0 Å². The molecule has 0 aliphatic rings. The van der Waals surface area contributed by atoms with Gasteiger partial charge in [-0.15, -0.1) is 0 Å². The third-order valence-corrected chi connectivity index (χ3v) is 1.17. The van der Waals surface area contributed by atoms with Gasteiger partial charge in [0.1, 0.15) is 0 Å². The molecule has 0 unspecified atom stereocenters. The maximum absolute atomic E-state index is 10.7. The predicted molar refractivity (Wildman–Crippen MR) is 40.5 cm³/mol. The van der Waals surface area contributed by atoms with Gasteiger partial charge in [-0.1, -0.05) is 0 Å². The number of hydrogen-bond acceptors (Lipinski definition) is 3. The monoisotopic (exact) mass is 166 g/mol. The average molecular weight is 166 g/mol. The van der Waals surface area contributed by atoms with Gasteiger partial charge in [-0.25, -0.2) is 4.99 Å². The van der Waals surface area contributed by atoms with E-state index in [9.17, 15) is 9.59 Å². The normalized spacial score (nSPS) is 11.2. The summed E-state index contributed by atoms with van der Waals surface area (Å²) in [4.78, 5) is 23.9. The van der Waals surface area contributed by atoms with Crippen LogP contribution in [0, 0.1) is 0 Å². The number of carbonyl (C=O) groups is 2. The molecule has 1 aromatic heterocycles. The molecule has 0 aliphatic carbocycles. The molecule has 5 heteroatoms. The van der Waals surface area contributed by atoms with Crippen LogP contribution in [0.2, 0.25) is 0 Å². The molecule has 0 saturated heterocycles. The van der Waals surface area contributed by atoms with Crippen molar-refractivity contribution in [1.82, 2.24) is 0 Å². The molecule has 12 heavy (non-hydrogen) atoms. The molecule has 2 N–H and O–H groups in total. The van der Waals surface area contributed by atoms with E-state index in [2.05, 4.69) is 4.99 Å². The smallest absolute Gasteiger partial charge is 0.271 e. The summed E-state index contributed by atoms with van der Waals surface area (Å²) in [5.74, 6) is -0.605. The summed E-state index contributed by atoms with van der Waals surface area (Å²) in [5.41, 5.74) is 4.75. The Morgan fingerprint density at radius 2 is 2.42 bits per heavy atom. The second-order valence-electron chi connectivity index (χ2n) is 1.92. The molecular formula is C7H6N2O3. The molecule has 1 rings (SSSR count). The van der Waals surface area contributed by atoms with Crippen molar-refractivity contribution < 1.29 is 14.0 Å². The van der Waals surface area contributed by atoms with Crippen LogP contribution in [0.3, 0.4) is 0 Å². The molecule has 0 bridgehead atoms. The largest absolute Gasteiger partial charge is 0.463 e. The minimum absolute atomic E-state index is 0.171. The van der Waals surface area contributed by atoms with Crippen LogP contribution >= 0.6 is 0 Å². The second-order valence-corrected chi connectivity index (χ2v) is 1.92. The topological polar surface area (TPSA) is 85.7 Å². The minimum Gasteiger partial charge on any atom is -0.463 e. The Hall–Kier alpha value is -1.91. The first-order valence-electron chi connectivity index (χ1n) is 3.11. The number of nitrogens with two attached hydrogens (primary N) is 1. The lowest BCUT2D eigenvalue weighted by atomic mass is 10.3. The summed E-state index contributed by atoms with van der Waals surface area (Å²) < 4.78 is 4.82. The number of rotatable bonds is 3. The summed E-state index contributed by atoms with van der Waals surface area (Å²) in [5, 5.41) is 0. The Morgan fingerprint density at radius 1 is 1.67 bits per heavy atom. The molecule has 62 valence electrons. The van der Waals surface area contributed by atoms with Crippen LogP contribution in [0.25, 0.3) is 0 Å². The first kappa shape index (κ1) is 8.19. The van der Waals surface area contributed by atoms with Crippen molar-refractivity contribution in [2.24, 2.45) is 10.7 Å². The fourth-order valence-corrected chi connectivity index (χ4v) is 0.715. The van der Waals surface area contributed by atoms with Crippen LogP contribution in [0.1, 0.15) is 5.76 Å². The molecule has 0 aliphatic heterocycles. The van der Waals surface area contributed by atoms with Gasteiger partial charge in [0.05, 0.1) is 6.26 Å². The van der Waals surface area contributed by atoms with E-state index in [0.29, 0.717) is 0 Å². The first-order chi connectivity index (χ1) is 5.75. The predicted octanol–water partition coefficient (Wildman–Crippen LogP) is -0.290. The van der Waals surface area contributed by atoms with E-state index in [-0.39, 0.29) is 17.9 Å². The van der Waals surface area contributed by atoms with E-state index in [1.165, 1.54) is 12.3 Å². The van der Waals surface area contributed by atoms with Crippen molar-refractivity contribution in [2.75, 3.05) is 0 Å². The molecule has 1 aromatic rings. The Morgan fingerprint density at radius 3 is 2.83 bits per heavy atom. The Bertz CT molecular complexity index is 313. The number of furan rings is 1. The highest BCUT2D eigenvalue weighted by atomic mass is 16.3. The van der Waals surface area contributed by atoms with Crippen LogP contribution in [-0.2, 0) is 9.59 Å². The zero-order valence-corrected chi connectivity index (χ0v) is 6.06. The number of amides is 2. The molecule has 5 nitrogen and oxygen atoms in total. The van der Waals surface area contributed by atoms with Gasteiger partial charge in [0.25, 0.3) is 5.91 Å². The molecular weight excluding hydrogens is 160 g/mol. The van der Waals surface area contributed by atoms with Gasteiger partial charge in [-0.2, -0.15) is 0 Å². The minimum atomic E-state index is -0.794.